The number of anilines is 1. The highest BCUT2D eigenvalue weighted by atomic mass is 19.1. The van der Waals surface area contributed by atoms with Crippen molar-refractivity contribution in [2.45, 2.75) is 38.1 Å². The van der Waals surface area contributed by atoms with Crippen molar-refractivity contribution in [2.75, 3.05) is 19.5 Å². The molecule has 0 unspecified atom stereocenters. The van der Waals surface area contributed by atoms with E-state index in [0.29, 0.717) is 5.56 Å². The van der Waals surface area contributed by atoms with Gasteiger partial charge < -0.3 is 19.2 Å². The summed E-state index contributed by atoms with van der Waals surface area (Å²) in [6.07, 6.45) is 5.23. The zero-order valence-corrected chi connectivity index (χ0v) is 15.3. The molecule has 0 atom stereocenters. The number of hydrogen-bond acceptors (Lipinski definition) is 6. The van der Waals surface area contributed by atoms with Gasteiger partial charge in [-0.1, -0.05) is 19.3 Å². The highest BCUT2D eigenvalue weighted by Crippen LogP contribution is 2.37. The van der Waals surface area contributed by atoms with Crippen molar-refractivity contribution in [3.8, 4) is 11.3 Å². The molecular weight excluding hydrogens is 353 g/mol. The Morgan fingerprint density at radius 2 is 1.59 bits per heavy atom. The van der Waals surface area contributed by atoms with Crippen LogP contribution < -0.4 is 5.32 Å². The highest BCUT2D eigenvalue weighted by molar-refractivity contribution is 6.10. The number of hydrogen-bond donors (Lipinski definition) is 1. The fraction of sp³-hybridized carbons (Fsp3) is 0.400. The van der Waals surface area contributed by atoms with Crippen LogP contribution in [0.15, 0.2) is 28.7 Å². The van der Waals surface area contributed by atoms with Crippen LogP contribution in [0.3, 0.4) is 0 Å². The Hall–Kier alpha value is -2.83. The fourth-order valence-electron chi connectivity index (χ4n) is 3.36. The summed E-state index contributed by atoms with van der Waals surface area (Å²) in [5.41, 5.74) is 0.419. The quantitative estimate of drug-likeness (QED) is 0.781. The van der Waals surface area contributed by atoms with Crippen molar-refractivity contribution in [2.24, 2.45) is 0 Å². The number of rotatable bonds is 5. The summed E-state index contributed by atoms with van der Waals surface area (Å²) in [5.74, 6) is -1.53. The molecule has 27 heavy (non-hydrogen) atoms. The Morgan fingerprint density at radius 1 is 1.00 bits per heavy atom. The summed E-state index contributed by atoms with van der Waals surface area (Å²) in [7, 11) is 2.46. The van der Waals surface area contributed by atoms with Gasteiger partial charge in [-0.15, -0.1) is 0 Å². The summed E-state index contributed by atoms with van der Waals surface area (Å²) in [5, 5.41) is 3.24. The smallest absolute Gasteiger partial charge is 0.344 e. The van der Waals surface area contributed by atoms with Gasteiger partial charge in [-0.05, 0) is 37.1 Å². The summed E-state index contributed by atoms with van der Waals surface area (Å²) < 4.78 is 28.9. The van der Waals surface area contributed by atoms with Crippen molar-refractivity contribution in [1.29, 1.82) is 0 Å². The van der Waals surface area contributed by atoms with E-state index in [1.807, 2.05) is 0 Å². The minimum Gasteiger partial charge on any atom is -0.465 e. The van der Waals surface area contributed by atoms with Crippen LogP contribution in [-0.2, 0) is 9.47 Å². The van der Waals surface area contributed by atoms with E-state index in [1.165, 1.54) is 44.9 Å². The van der Waals surface area contributed by atoms with Crippen LogP contribution in [0.1, 0.15) is 52.8 Å². The number of nitrogens with one attached hydrogen (secondary N) is 1. The van der Waals surface area contributed by atoms with Crippen LogP contribution in [0.2, 0.25) is 0 Å². The molecule has 0 spiro atoms. The molecule has 1 heterocycles. The summed E-state index contributed by atoms with van der Waals surface area (Å²) in [6.45, 7) is 0. The molecule has 1 fully saturated rings. The fourth-order valence-corrected chi connectivity index (χ4v) is 3.36. The van der Waals surface area contributed by atoms with Crippen LogP contribution in [-0.4, -0.2) is 32.2 Å². The Kier molecular flexibility index (Phi) is 5.78. The molecule has 6 nitrogen and oxygen atoms in total. The van der Waals surface area contributed by atoms with Crippen molar-refractivity contribution in [3.63, 3.8) is 0 Å². The molecule has 1 saturated carbocycles. The average molecular weight is 375 g/mol. The summed E-state index contributed by atoms with van der Waals surface area (Å²) in [6, 6.07) is 5.61. The second-order valence-electron chi connectivity index (χ2n) is 6.48. The molecule has 1 aliphatic rings. The zero-order valence-electron chi connectivity index (χ0n) is 15.3. The van der Waals surface area contributed by atoms with E-state index in [2.05, 4.69) is 5.32 Å². The van der Waals surface area contributed by atoms with Gasteiger partial charge in [0, 0.05) is 11.6 Å². The Balaban J connectivity index is 2.12. The van der Waals surface area contributed by atoms with Crippen LogP contribution in [0.25, 0.3) is 11.3 Å². The number of methoxy groups -OCH3 is 2. The van der Waals surface area contributed by atoms with E-state index in [0.717, 1.165) is 25.7 Å². The van der Waals surface area contributed by atoms with Gasteiger partial charge in [-0.25, -0.2) is 14.0 Å². The number of carbonyl (C=O) groups is 2. The van der Waals surface area contributed by atoms with Gasteiger partial charge in [0.15, 0.2) is 5.76 Å². The van der Waals surface area contributed by atoms with Gasteiger partial charge in [0.2, 0.25) is 5.88 Å². The SMILES string of the molecule is COC(=O)c1c(NC2CCCCC2)oc(-c2ccc(F)cc2)c1C(=O)OC. The maximum absolute atomic E-state index is 13.3. The van der Waals surface area contributed by atoms with Crippen LogP contribution in [0.4, 0.5) is 10.3 Å². The van der Waals surface area contributed by atoms with Crippen LogP contribution >= 0.6 is 0 Å². The first-order chi connectivity index (χ1) is 13.0. The van der Waals surface area contributed by atoms with Crippen molar-refractivity contribution in [3.05, 3.63) is 41.2 Å². The largest absolute Gasteiger partial charge is 0.465 e. The molecule has 1 aliphatic carbocycles. The number of carbonyl (C=O) groups excluding carboxylic acids is 2. The molecule has 2 aromatic rings. The average Bonchev–Trinajstić information content (AvgIpc) is 3.07. The van der Waals surface area contributed by atoms with Crippen molar-refractivity contribution >= 4 is 17.8 Å². The predicted molar refractivity (Wildman–Crippen MR) is 97.3 cm³/mol. The highest BCUT2D eigenvalue weighted by Gasteiger charge is 2.33. The van der Waals surface area contributed by atoms with Crippen molar-refractivity contribution < 1.29 is 27.9 Å². The normalized spacial score (nSPS) is 14.6. The molecule has 0 amide bonds. The van der Waals surface area contributed by atoms with Crippen LogP contribution in [0, 0.1) is 5.82 Å². The van der Waals surface area contributed by atoms with E-state index < -0.39 is 17.8 Å². The molecule has 1 aromatic heterocycles. The number of benzene rings is 1. The number of halogens is 1. The maximum Gasteiger partial charge on any atom is 0.344 e. The zero-order chi connectivity index (χ0) is 19.4. The van der Waals surface area contributed by atoms with E-state index in [4.69, 9.17) is 13.9 Å². The minimum absolute atomic E-state index is 0.00533. The first-order valence-corrected chi connectivity index (χ1v) is 8.91. The molecule has 0 aliphatic heterocycles. The molecule has 0 bridgehead atoms. The third-order valence-corrected chi connectivity index (χ3v) is 4.73. The lowest BCUT2D eigenvalue weighted by Crippen LogP contribution is -2.23. The second kappa shape index (κ2) is 8.24. The first kappa shape index (κ1) is 18.9. The van der Waals surface area contributed by atoms with Crippen molar-refractivity contribution in [1.82, 2.24) is 0 Å². The van der Waals surface area contributed by atoms with Gasteiger partial charge in [0.25, 0.3) is 0 Å². The second-order valence-corrected chi connectivity index (χ2v) is 6.48. The summed E-state index contributed by atoms with van der Waals surface area (Å²) >= 11 is 0. The minimum atomic E-state index is -0.727. The molecule has 1 aromatic carbocycles. The molecule has 144 valence electrons. The predicted octanol–water partition coefficient (Wildman–Crippen LogP) is 4.40. The van der Waals surface area contributed by atoms with Gasteiger partial charge in [0.1, 0.15) is 16.9 Å². The Morgan fingerprint density at radius 3 is 2.19 bits per heavy atom. The third-order valence-electron chi connectivity index (χ3n) is 4.73. The van der Waals surface area contributed by atoms with Gasteiger partial charge in [0.05, 0.1) is 14.2 Å². The molecule has 0 saturated heterocycles. The van der Waals surface area contributed by atoms with E-state index >= 15 is 0 Å². The number of furan rings is 1. The lowest BCUT2D eigenvalue weighted by Gasteiger charge is -2.22. The number of esters is 2. The lowest BCUT2D eigenvalue weighted by atomic mass is 9.95. The van der Waals surface area contributed by atoms with E-state index in [-0.39, 0.29) is 28.8 Å². The number of ether oxygens (including phenoxy) is 2. The maximum atomic E-state index is 13.3. The lowest BCUT2D eigenvalue weighted by molar-refractivity contribution is 0.0558. The topological polar surface area (TPSA) is 77.8 Å². The van der Waals surface area contributed by atoms with Gasteiger partial charge >= 0.3 is 11.9 Å². The van der Waals surface area contributed by atoms with E-state index in [1.54, 1.807) is 0 Å². The monoisotopic (exact) mass is 375 g/mol. The first-order valence-electron chi connectivity index (χ1n) is 8.91. The standard InChI is InChI=1S/C20H22FNO5/c1-25-19(23)15-16(20(24)26-2)18(22-14-6-4-3-5-7-14)27-17(15)12-8-10-13(21)11-9-12/h8-11,14,22H,3-7H2,1-2H3. The third kappa shape index (κ3) is 3.97. The molecule has 7 heteroatoms. The summed E-state index contributed by atoms with van der Waals surface area (Å²) in [4.78, 5) is 24.9. The van der Waals surface area contributed by atoms with E-state index in [9.17, 15) is 14.0 Å². The molecular formula is C20H22FNO5. The Bertz CT molecular complexity index is 822. The Labute approximate surface area is 156 Å². The molecule has 3 rings (SSSR count). The van der Waals surface area contributed by atoms with Gasteiger partial charge in [-0.2, -0.15) is 0 Å². The molecule has 0 radical (unpaired) electrons. The van der Waals surface area contributed by atoms with Gasteiger partial charge in [-0.3, -0.25) is 0 Å². The van der Waals surface area contributed by atoms with Crippen LogP contribution in [0.5, 0.6) is 0 Å². The molecule has 1 N–H and O–H groups in total.